The van der Waals surface area contributed by atoms with Crippen molar-refractivity contribution >= 4 is 5.71 Å². The maximum Gasteiger partial charge on any atom is 0.159 e. The quantitative estimate of drug-likeness (QED) is 0.610. The lowest BCUT2D eigenvalue weighted by atomic mass is 10.1. The summed E-state index contributed by atoms with van der Waals surface area (Å²) in [6, 6.07) is 10.3. The molecule has 0 spiro atoms. The lowest BCUT2D eigenvalue weighted by Crippen LogP contribution is -1.98. The van der Waals surface area contributed by atoms with Crippen LogP contribution in [-0.2, 0) is 0 Å². The van der Waals surface area contributed by atoms with Gasteiger partial charge in [0.25, 0.3) is 0 Å². The van der Waals surface area contributed by atoms with Gasteiger partial charge in [-0.25, -0.2) is 15.0 Å². The molecule has 0 bridgehead atoms. The SMILES string of the molecule is C#CN=C(C)c1cnc(-c2ccc(C)cc2)nc1.CC. The van der Waals surface area contributed by atoms with Crippen LogP contribution in [0.25, 0.3) is 11.4 Å². The molecule has 0 radical (unpaired) electrons. The van der Waals surface area contributed by atoms with Crippen LogP contribution in [0.5, 0.6) is 0 Å². The largest absolute Gasteiger partial charge is 0.236 e. The molecule has 0 atom stereocenters. The van der Waals surface area contributed by atoms with E-state index in [1.807, 2.05) is 52.0 Å². The molecule has 0 aliphatic carbocycles. The minimum atomic E-state index is 0.701. The molecule has 0 saturated carbocycles. The van der Waals surface area contributed by atoms with Crippen LogP contribution in [0, 0.1) is 19.4 Å². The van der Waals surface area contributed by atoms with E-state index in [1.165, 1.54) is 5.56 Å². The van der Waals surface area contributed by atoms with E-state index in [-0.39, 0.29) is 0 Å². The van der Waals surface area contributed by atoms with Gasteiger partial charge in [-0.3, -0.25) is 0 Å². The summed E-state index contributed by atoms with van der Waals surface area (Å²) in [5.41, 5.74) is 3.79. The summed E-state index contributed by atoms with van der Waals surface area (Å²) in [5, 5.41) is 0. The van der Waals surface area contributed by atoms with E-state index in [4.69, 9.17) is 6.42 Å². The van der Waals surface area contributed by atoms with Crippen LogP contribution in [-0.4, -0.2) is 15.7 Å². The molecule has 0 unspecified atom stereocenters. The Bertz CT molecular complexity index is 602. The molecule has 0 aliphatic heterocycles. The first-order chi connectivity index (χ1) is 9.70. The van der Waals surface area contributed by atoms with E-state index in [1.54, 1.807) is 12.4 Å². The van der Waals surface area contributed by atoms with Gasteiger partial charge < -0.3 is 0 Å². The number of terminal acetylenes is 1. The van der Waals surface area contributed by atoms with Gasteiger partial charge in [0.05, 0.1) is 5.71 Å². The first-order valence-electron chi connectivity index (χ1n) is 6.60. The fourth-order valence-corrected chi connectivity index (χ4v) is 1.53. The second kappa shape index (κ2) is 7.85. The smallest absolute Gasteiger partial charge is 0.159 e. The molecule has 3 nitrogen and oxygen atoms in total. The van der Waals surface area contributed by atoms with Crippen LogP contribution in [0.4, 0.5) is 0 Å². The lowest BCUT2D eigenvalue weighted by Gasteiger charge is -2.02. The number of nitrogens with zero attached hydrogens (tertiary/aromatic N) is 3. The highest BCUT2D eigenvalue weighted by Gasteiger charge is 2.02. The minimum absolute atomic E-state index is 0.701. The average molecular weight is 265 g/mol. The number of hydrogen-bond donors (Lipinski definition) is 0. The highest BCUT2D eigenvalue weighted by Crippen LogP contribution is 2.15. The van der Waals surface area contributed by atoms with E-state index >= 15 is 0 Å². The van der Waals surface area contributed by atoms with Gasteiger partial charge in [-0.1, -0.05) is 50.1 Å². The molecule has 0 aliphatic rings. The molecule has 2 rings (SSSR count). The van der Waals surface area contributed by atoms with Crippen molar-refractivity contribution in [2.75, 3.05) is 0 Å². The summed E-state index contributed by atoms with van der Waals surface area (Å²) in [5.74, 6) is 0.701. The van der Waals surface area contributed by atoms with Crippen molar-refractivity contribution in [1.82, 2.24) is 9.97 Å². The fraction of sp³-hybridized carbons (Fsp3) is 0.235. The Labute approximate surface area is 120 Å². The van der Waals surface area contributed by atoms with Crippen molar-refractivity contribution in [1.29, 1.82) is 0 Å². The Morgan fingerprint density at radius 3 is 2.15 bits per heavy atom. The molecule has 1 aromatic carbocycles. The van der Waals surface area contributed by atoms with Crippen LogP contribution >= 0.6 is 0 Å². The topological polar surface area (TPSA) is 38.1 Å². The zero-order valence-electron chi connectivity index (χ0n) is 12.4. The number of hydrogen-bond acceptors (Lipinski definition) is 3. The molecular weight excluding hydrogens is 246 g/mol. The van der Waals surface area contributed by atoms with E-state index in [9.17, 15) is 0 Å². The molecule has 0 fully saturated rings. The third kappa shape index (κ3) is 4.03. The standard InChI is InChI=1S/C15H13N3.C2H6/c1-4-16-12(3)14-9-17-15(18-10-14)13-7-5-11(2)6-8-13;1-2/h1,5-10H,2-3H3;1-2H3. The van der Waals surface area contributed by atoms with Crippen LogP contribution in [0.1, 0.15) is 31.9 Å². The van der Waals surface area contributed by atoms with E-state index < -0.39 is 0 Å². The van der Waals surface area contributed by atoms with Gasteiger partial charge in [0.2, 0.25) is 0 Å². The molecule has 102 valence electrons. The number of aliphatic imine (C=N–C) groups is 1. The summed E-state index contributed by atoms with van der Waals surface area (Å²) in [6.07, 6.45) is 8.59. The number of aryl methyl sites for hydroxylation is 1. The zero-order valence-corrected chi connectivity index (χ0v) is 12.4. The van der Waals surface area contributed by atoms with Gasteiger partial charge >= 0.3 is 0 Å². The third-order valence-electron chi connectivity index (χ3n) is 2.61. The van der Waals surface area contributed by atoms with Gasteiger partial charge in [-0.05, 0) is 13.8 Å². The van der Waals surface area contributed by atoms with Gasteiger partial charge in [0.15, 0.2) is 5.82 Å². The number of aromatic nitrogens is 2. The Kier molecular flexibility index (Phi) is 6.12. The number of rotatable bonds is 2. The van der Waals surface area contributed by atoms with Gasteiger partial charge in [0, 0.05) is 29.6 Å². The monoisotopic (exact) mass is 265 g/mol. The molecule has 1 heterocycles. The van der Waals surface area contributed by atoms with Gasteiger partial charge in [-0.2, -0.15) is 0 Å². The second-order valence-electron chi connectivity index (χ2n) is 3.99. The van der Waals surface area contributed by atoms with E-state index in [2.05, 4.69) is 21.0 Å². The van der Waals surface area contributed by atoms with Gasteiger partial charge in [-0.15, -0.1) is 0 Å². The minimum Gasteiger partial charge on any atom is -0.236 e. The van der Waals surface area contributed by atoms with Crippen molar-refractivity contribution in [3.63, 3.8) is 0 Å². The van der Waals surface area contributed by atoms with Crippen molar-refractivity contribution in [2.45, 2.75) is 27.7 Å². The van der Waals surface area contributed by atoms with Crippen LogP contribution in [0.3, 0.4) is 0 Å². The third-order valence-corrected chi connectivity index (χ3v) is 2.61. The molecular formula is C17H19N3. The van der Waals surface area contributed by atoms with Crippen molar-refractivity contribution in [3.8, 4) is 23.9 Å². The predicted molar refractivity (Wildman–Crippen MR) is 84.6 cm³/mol. The molecule has 1 aromatic heterocycles. The fourth-order valence-electron chi connectivity index (χ4n) is 1.53. The Morgan fingerprint density at radius 2 is 1.65 bits per heavy atom. The highest BCUT2D eigenvalue weighted by atomic mass is 14.9. The summed E-state index contributed by atoms with van der Waals surface area (Å²) in [7, 11) is 0. The average Bonchev–Trinajstić information content (AvgIpc) is 2.50. The maximum absolute atomic E-state index is 5.12. The summed E-state index contributed by atoms with van der Waals surface area (Å²) < 4.78 is 0. The zero-order chi connectivity index (χ0) is 15.0. The predicted octanol–water partition coefficient (Wildman–Crippen LogP) is 3.88. The second-order valence-corrected chi connectivity index (χ2v) is 3.99. The van der Waals surface area contributed by atoms with Crippen LogP contribution in [0.2, 0.25) is 0 Å². The molecule has 20 heavy (non-hydrogen) atoms. The van der Waals surface area contributed by atoms with Crippen molar-refractivity contribution < 1.29 is 0 Å². The van der Waals surface area contributed by atoms with E-state index in [0.29, 0.717) is 5.82 Å². The van der Waals surface area contributed by atoms with Crippen LogP contribution < -0.4 is 0 Å². The molecule has 2 aromatic rings. The summed E-state index contributed by atoms with van der Waals surface area (Å²) >= 11 is 0. The van der Waals surface area contributed by atoms with E-state index in [0.717, 1.165) is 16.8 Å². The Morgan fingerprint density at radius 1 is 1.10 bits per heavy atom. The summed E-state index contributed by atoms with van der Waals surface area (Å²) in [6.45, 7) is 7.89. The molecule has 3 heteroatoms. The van der Waals surface area contributed by atoms with Gasteiger partial charge in [0.1, 0.15) is 0 Å². The Balaban J connectivity index is 0.000000956. The summed E-state index contributed by atoms with van der Waals surface area (Å²) in [4.78, 5) is 12.5. The van der Waals surface area contributed by atoms with Crippen LogP contribution in [0.15, 0.2) is 41.7 Å². The maximum atomic E-state index is 5.12. The Hall–Kier alpha value is -2.47. The molecule has 0 saturated heterocycles. The molecule has 0 amide bonds. The van der Waals surface area contributed by atoms with Crippen molar-refractivity contribution in [2.24, 2.45) is 4.99 Å². The molecule has 0 N–H and O–H groups in total. The number of benzene rings is 1. The lowest BCUT2D eigenvalue weighted by molar-refractivity contribution is 1.16. The van der Waals surface area contributed by atoms with Crippen molar-refractivity contribution in [3.05, 3.63) is 47.8 Å². The highest BCUT2D eigenvalue weighted by molar-refractivity contribution is 5.98. The first kappa shape index (κ1) is 15.6. The normalized spacial score (nSPS) is 10.2. The first-order valence-corrected chi connectivity index (χ1v) is 6.60.